The highest BCUT2D eigenvalue weighted by atomic mass is 16.2. The number of hydrogen-bond donors (Lipinski definition) is 3. The standard InChI is InChI=1S/C12H24N4O2/c1-9(2)14-11(18)15-10(17)7-16-6-5-13-8-12(16,3)4/h9,13H,5-8H2,1-4H3,(H2,14,15,17,18). The summed E-state index contributed by atoms with van der Waals surface area (Å²) in [5.74, 6) is -0.261. The van der Waals surface area contributed by atoms with Gasteiger partial charge in [-0.1, -0.05) is 0 Å². The summed E-state index contributed by atoms with van der Waals surface area (Å²) in [5, 5.41) is 8.27. The second kappa shape index (κ2) is 6.15. The lowest BCUT2D eigenvalue weighted by atomic mass is 10.0. The fourth-order valence-electron chi connectivity index (χ4n) is 1.95. The van der Waals surface area contributed by atoms with Crippen LogP contribution >= 0.6 is 0 Å². The van der Waals surface area contributed by atoms with E-state index in [0.29, 0.717) is 0 Å². The molecule has 1 saturated heterocycles. The molecule has 6 heteroatoms. The van der Waals surface area contributed by atoms with E-state index in [-0.39, 0.29) is 24.0 Å². The van der Waals surface area contributed by atoms with Crippen LogP contribution in [-0.2, 0) is 4.79 Å². The van der Waals surface area contributed by atoms with Crippen molar-refractivity contribution in [1.82, 2.24) is 20.9 Å². The van der Waals surface area contributed by atoms with E-state index in [0.717, 1.165) is 19.6 Å². The third-order valence-corrected chi connectivity index (χ3v) is 2.98. The van der Waals surface area contributed by atoms with Gasteiger partial charge in [0.05, 0.1) is 6.54 Å². The Labute approximate surface area is 108 Å². The molecular formula is C12H24N4O2. The SMILES string of the molecule is CC(C)NC(=O)NC(=O)CN1CCNCC1(C)C. The second-order valence-corrected chi connectivity index (χ2v) is 5.59. The molecule has 0 saturated carbocycles. The van der Waals surface area contributed by atoms with Crippen LogP contribution in [0.5, 0.6) is 0 Å². The predicted molar refractivity (Wildman–Crippen MR) is 70.3 cm³/mol. The van der Waals surface area contributed by atoms with Gasteiger partial charge in [0.15, 0.2) is 0 Å². The Morgan fingerprint density at radius 2 is 2.06 bits per heavy atom. The van der Waals surface area contributed by atoms with Crippen molar-refractivity contribution in [3.8, 4) is 0 Å². The van der Waals surface area contributed by atoms with Crippen LogP contribution in [0.2, 0.25) is 0 Å². The average Bonchev–Trinajstić information content (AvgIpc) is 2.19. The quantitative estimate of drug-likeness (QED) is 0.659. The third-order valence-electron chi connectivity index (χ3n) is 2.98. The van der Waals surface area contributed by atoms with Gasteiger partial charge < -0.3 is 10.6 Å². The Balaban J connectivity index is 2.42. The molecule has 1 aliphatic rings. The maximum Gasteiger partial charge on any atom is 0.321 e. The van der Waals surface area contributed by atoms with Crippen LogP contribution in [0.1, 0.15) is 27.7 Å². The Morgan fingerprint density at radius 3 is 2.61 bits per heavy atom. The van der Waals surface area contributed by atoms with Gasteiger partial charge in [0.1, 0.15) is 0 Å². The zero-order valence-corrected chi connectivity index (χ0v) is 11.7. The molecule has 6 nitrogen and oxygen atoms in total. The lowest BCUT2D eigenvalue weighted by Crippen LogP contribution is -2.60. The van der Waals surface area contributed by atoms with Crippen LogP contribution in [0, 0.1) is 0 Å². The van der Waals surface area contributed by atoms with E-state index in [9.17, 15) is 9.59 Å². The van der Waals surface area contributed by atoms with Gasteiger partial charge in [-0.15, -0.1) is 0 Å². The molecule has 3 N–H and O–H groups in total. The molecule has 0 spiro atoms. The summed E-state index contributed by atoms with van der Waals surface area (Å²) in [6, 6.07) is -0.406. The fraction of sp³-hybridized carbons (Fsp3) is 0.833. The number of nitrogens with zero attached hydrogens (tertiary/aromatic N) is 1. The van der Waals surface area contributed by atoms with Crippen molar-refractivity contribution in [2.24, 2.45) is 0 Å². The van der Waals surface area contributed by atoms with Crippen LogP contribution in [0.25, 0.3) is 0 Å². The maximum absolute atomic E-state index is 11.8. The van der Waals surface area contributed by atoms with E-state index in [1.165, 1.54) is 0 Å². The van der Waals surface area contributed by atoms with E-state index in [1.807, 2.05) is 13.8 Å². The summed E-state index contributed by atoms with van der Waals surface area (Å²) in [4.78, 5) is 25.2. The van der Waals surface area contributed by atoms with Crippen molar-refractivity contribution in [2.45, 2.75) is 39.3 Å². The molecule has 1 fully saturated rings. The first-order chi connectivity index (χ1) is 8.31. The van der Waals surface area contributed by atoms with Crippen molar-refractivity contribution in [2.75, 3.05) is 26.2 Å². The average molecular weight is 256 g/mol. The predicted octanol–water partition coefficient (Wildman–Crippen LogP) is -0.0956. The number of rotatable bonds is 3. The molecule has 0 aliphatic carbocycles. The van der Waals surface area contributed by atoms with E-state index in [2.05, 4.69) is 34.7 Å². The van der Waals surface area contributed by atoms with Gasteiger partial charge in [0.2, 0.25) is 5.91 Å². The van der Waals surface area contributed by atoms with Crippen LogP contribution in [0.15, 0.2) is 0 Å². The third kappa shape index (κ3) is 4.62. The van der Waals surface area contributed by atoms with Gasteiger partial charge in [-0.2, -0.15) is 0 Å². The summed E-state index contributed by atoms with van der Waals surface area (Å²) in [7, 11) is 0. The minimum absolute atomic E-state index is 0.0217. The van der Waals surface area contributed by atoms with Crippen molar-refractivity contribution in [1.29, 1.82) is 0 Å². The van der Waals surface area contributed by atoms with Crippen LogP contribution in [-0.4, -0.2) is 54.6 Å². The Kier molecular flexibility index (Phi) is 5.10. The zero-order valence-electron chi connectivity index (χ0n) is 11.7. The Bertz CT molecular complexity index is 315. The number of amides is 3. The minimum atomic E-state index is -0.428. The van der Waals surface area contributed by atoms with Crippen molar-refractivity contribution < 1.29 is 9.59 Å². The Morgan fingerprint density at radius 1 is 1.39 bits per heavy atom. The molecule has 1 aliphatic heterocycles. The van der Waals surface area contributed by atoms with Gasteiger partial charge in [-0.3, -0.25) is 15.0 Å². The number of carbonyl (C=O) groups is 2. The van der Waals surface area contributed by atoms with Crippen molar-refractivity contribution in [3.63, 3.8) is 0 Å². The molecule has 0 radical (unpaired) electrons. The molecule has 0 unspecified atom stereocenters. The normalized spacial score (nSPS) is 19.6. The summed E-state index contributed by atoms with van der Waals surface area (Å²) >= 11 is 0. The van der Waals surface area contributed by atoms with E-state index in [4.69, 9.17) is 0 Å². The molecule has 1 heterocycles. The topological polar surface area (TPSA) is 73.5 Å². The molecule has 3 amide bonds. The minimum Gasteiger partial charge on any atom is -0.336 e. The zero-order chi connectivity index (χ0) is 13.8. The lowest BCUT2D eigenvalue weighted by Gasteiger charge is -2.42. The number of piperazine rings is 1. The highest BCUT2D eigenvalue weighted by Gasteiger charge is 2.30. The van der Waals surface area contributed by atoms with Gasteiger partial charge in [-0.05, 0) is 27.7 Å². The molecule has 0 bridgehead atoms. The van der Waals surface area contributed by atoms with Gasteiger partial charge in [0.25, 0.3) is 0 Å². The van der Waals surface area contributed by atoms with Gasteiger partial charge >= 0.3 is 6.03 Å². The number of carbonyl (C=O) groups excluding carboxylic acids is 2. The molecule has 1 rings (SSSR count). The van der Waals surface area contributed by atoms with E-state index in [1.54, 1.807) is 0 Å². The van der Waals surface area contributed by atoms with E-state index >= 15 is 0 Å². The first-order valence-electron chi connectivity index (χ1n) is 6.37. The van der Waals surface area contributed by atoms with Crippen molar-refractivity contribution in [3.05, 3.63) is 0 Å². The lowest BCUT2D eigenvalue weighted by molar-refractivity contribution is -0.122. The van der Waals surface area contributed by atoms with Crippen molar-refractivity contribution >= 4 is 11.9 Å². The number of urea groups is 1. The maximum atomic E-state index is 11.8. The van der Waals surface area contributed by atoms with Gasteiger partial charge in [0, 0.05) is 31.2 Å². The summed E-state index contributed by atoms with van der Waals surface area (Å²) in [5.41, 5.74) is -0.0654. The molecule has 0 aromatic carbocycles. The summed E-state index contributed by atoms with van der Waals surface area (Å²) < 4.78 is 0. The summed E-state index contributed by atoms with van der Waals surface area (Å²) in [6.07, 6.45) is 0. The molecule has 0 aromatic rings. The Hall–Kier alpha value is -1.14. The molecule has 0 aromatic heterocycles. The molecule has 104 valence electrons. The first kappa shape index (κ1) is 14.9. The highest BCUT2D eigenvalue weighted by Crippen LogP contribution is 2.15. The van der Waals surface area contributed by atoms with Gasteiger partial charge in [-0.25, -0.2) is 4.79 Å². The molecule has 18 heavy (non-hydrogen) atoms. The largest absolute Gasteiger partial charge is 0.336 e. The first-order valence-corrected chi connectivity index (χ1v) is 6.37. The molecule has 0 atom stereocenters. The molecular weight excluding hydrogens is 232 g/mol. The summed E-state index contributed by atoms with van der Waals surface area (Å²) in [6.45, 7) is 10.6. The number of imide groups is 1. The van der Waals surface area contributed by atoms with E-state index < -0.39 is 6.03 Å². The number of nitrogens with one attached hydrogen (secondary N) is 3. The highest BCUT2D eigenvalue weighted by molar-refractivity contribution is 5.95. The second-order valence-electron chi connectivity index (χ2n) is 5.59. The van der Waals surface area contributed by atoms with Crippen LogP contribution < -0.4 is 16.0 Å². The number of hydrogen-bond acceptors (Lipinski definition) is 4. The smallest absolute Gasteiger partial charge is 0.321 e. The van der Waals surface area contributed by atoms with Crippen LogP contribution in [0.4, 0.5) is 4.79 Å². The fourth-order valence-corrected chi connectivity index (χ4v) is 1.95. The van der Waals surface area contributed by atoms with Crippen LogP contribution in [0.3, 0.4) is 0 Å². The monoisotopic (exact) mass is 256 g/mol.